The summed E-state index contributed by atoms with van der Waals surface area (Å²) in [6.45, 7) is 4.00. The summed E-state index contributed by atoms with van der Waals surface area (Å²) < 4.78 is 0. The van der Waals surface area contributed by atoms with Crippen LogP contribution >= 0.6 is 0 Å². The Balaban J connectivity index is -0.0000000875. The molecule has 10 heavy (non-hydrogen) atoms. The molecule has 0 unspecified atom stereocenters. The van der Waals surface area contributed by atoms with Crippen LogP contribution in [0.1, 0.15) is 6.42 Å². The summed E-state index contributed by atoms with van der Waals surface area (Å²) in [5.41, 5.74) is 0. The summed E-state index contributed by atoms with van der Waals surface area (Å²) >= 11 is 0. The summed E-state index contributed by atoms with van der Waals surface area (Å²) in [7, 11) is 0. The molecule has 0 heterocycles. The van der Waals surface area contributed by atoms with Gasteiger partial charge in [-0.25, -0.2) is 12.2 Å². The van der Waals surface area contributed by atoms with E-state index in [9.17, 15) is 0 Å². The molecule has 0 fully saturated rings. The number of allylic oxidation sites excluding steroid dienone is 4. The monoisotopic (exact) mass is 177 g/mol. The summed E-state index contributed by atoms with van der Waals surface area (Å²) in [6, 6.07) is 0. The predicted octanol–water partition coefficient (Wildman–Crippen LogP) is 0.933. The third-order valence-corrected chi connectivity index (χ3v) is 0.586. The van der Waals surface area contributed by atoms with Crippen LogP contribution in [0.15, 0.2) is 18.2 Å². The molecule has 0 saturated heterocycles. The fraction of sp³-hybridized carbons (Fsp3) is 0.143. The zero-order valence-electron chi connectivity index (χ0n) is 5.58. The molecule has 0 aromatic carbocycles. The molecule has 0 N–H and O–H groups in total. The van der Waals surface area contributed by atoms with Crippen molar-refractivity contribution in [3.05, 3.63) is 24.3 Å². The molecule has 0 aliphatic heterocycles. The fourth-order valence-electron chi connectivity index (χ4n) is 0.340. The average molecular weight is 177 g/mol. The van der Waals surface area contributed by atoms with Gasteiger partial charge in [0.25, 0.3) is 0 Å². The minimum atomic E-state index is 0. The first-order valence-electron chi connectivity index (χ1n) is 2.29. The van der Waals surface area contributed by atoms with Crippen molar-refractivity contribution >= 4 is 13.6 Å². The van der Waals surface area contributed by atoms with Gasteiger partial charge in [-0.15, -0.1) is 6.42 Å². The van der Waals surface area contributed by atoms with E-state index >= 15 is 0 Å². The molecule has 0 amide bonds. The minimum Gasteiger partial charge on any atom is -0.307 e. The fourth-order valence-corrected chi connectivity index (χ4v) is 0.340. The Morgan fingerprint density at radius 1 is 1.20 bits per heavy atom. The van der Waals surface area contributed by atoms with E-state index in [1.807, 2.05) is 25.7 Å². The van der Waals surface area contributed by atoms with E-state index in [0.717, 1.165) is 6.42 Å². The maximum absolute atomic E-state index is 8.00. The number of hydrogen-bond acceptors (Lipinski definition) is 2. The van der Waals surface area contributed by atoms with E-state index in [0.29, 0.717) is 0 Å². The van der Waals surface area contributed by atoms with Crippen molar-refractivity contribution in [1.82, 2.24) is 0 Å². The third-order valence-electron chi connectivity index (χ3n) is 0.586. The standard InChI is InChI=1S/C5H5.2CH2O.Cr/c1-2-4-5-3-1;2*1-2;/h1-3H,4H2;2*1H2;/q-1;;;. The summed E-state index contributed by atoms with van der Waals surface area (Å²) in [6.07, 6.45) is 10.0. The van der Waals surface area contributed by atoms with E-state index in [2.05, 4.69) is 12.2 Å². The Labute approximate surface area is 71.8 Å². The Morgan fingerprint density at radius 3 is 1.80 bits per heavy atom. The van der Waals surface area contributed by atoms with Crippen molar-refractivity contribution in [2.24, 2.45) is 0 Å². The zero-order valence-corrected chi connectivity index (χ0v) is 6.85. The molecule has 0 spiro atoms. The van der Waals surface area contributed by atoms with E-state index in [1.165, 1.54) is 0 Å². The number of carbonyl (C=O) groups is 2. The van der Waals surface area contributed by atoms with Crippen molar-refractivity contribution in [2.75, 3.05) is 0 Å². The van der Waals surface area contributed by atoms with Crippen LogP contribution in [0.3, 0.4) is 0 Å². The second-order valence-electron chi connectivity index (χ2n) is 1.00. The SMILES string of the molecule is C=O.C=O.[C-]1=CC=CC1.[Cr]. The molecule has 1 rings (SSSR count). The van der Waals surface area contributed by atoms with Crippen molar-refractivity contribution in [1.29, 1.82) is 0 Å². The van der Waals surface area contributed by atoms with Gasteiger partial charge in [-0.2, -0.15) is 6.08 Å². The second kappa shape index (κ2) is 23.8. The molecule has 3 heteroatoms. The van der Waals surface area contributed by atoms with Gasteiger partial charge in [-0.05, 0) is 0 Å². The van der Waals surface area contributed by atoms with Gasteiger partial charge in [0, 0.05) is 17.4 Å². The quantitative estimate of drug-likeness (QED) is 0.516. The van der Waals surface area contributed by atoms with Crippen molar-refractivity contribution < 1.29 is 27.0 Å². The van der Waals surface area contributed by atoms with Crippen LogP contribution in [-0.2, 0) is 27.0 Å². The van der Waals surface area contributed by atoms with Crippen molar-refractivity contribution in [2.45, 2.75) is 6.42 Å². The van der Waals surface area contributed by atoms with Gasteiger partial charge in [-0.1, -0.05) is 0 Å². The molecule has 1 aliphatic rings. The van der Waals surface area contributed by atoms with Gasteiger partial charge in [0.05, 0.1) is 0 Å². The largest absolute Gasteiger partial charge is 0.307 e. The van der Waals surface area contributed by atoms with Crippen molar-refractivity contribution in [3.63, 3.8) is 0 Å². The Hall–Kier alpha value is -0.648. The van der Waals surface area contributed by atoms with Crippen LogP contribution in [0.25, 0.3) is 0 Å². The normalized spacial score (nSPS) is 9.60. The molecule has 0 radical (unpaired) electrons. The maximum Gasteiger partial charge on any atom is 0.106 e. The Kier molecular flexibility index (Phi) is 38.5. The van der Waals surface area contributed by atoms with Crippen LogP contribution in [-0.4, -0.2) is 13.6 Å². The van der Waals surface area contributed by atoms with Crippen LogP contribution in [0.2, 0.25) is 0 Å². The Bertz CT molecular complexity index is 87.8. The van der Waals surface area contributed by atoms with Gasteiger partial charge in [0.15, 0.2) is 0 Å². The van der Waals surface area contributed by atoms with E-state index in [1.54, 1.807) is 0 Å². The molecule has 0 atom stereocenters. The molecule has 1 aliphatic carbocycles. The van der Waals surface area contributed by atoms with E-state index in [4.69, 9.17) is 9.59 Å². The van der Waals surface area contributed by atoms with Gasteiger partial charge in [0.1, 0.15) is 13.6 Å². The molecule has 0 saturated carbocycles. The van der Waals surface area contributed by atoms with Crippen LogP contribution in [0, 0.1) is 6.08 Å². The smallest absolute Gasteiger partial charge is 0.106 e. The molecule has 0 aromatic rings. The van der Waals surface area contributed by atoms with Gasteiger partial charge in [-0.3, -0.25) is 6.08 Å². The first-order valence-corrected chi connectivity index (χ1v) is 2.29. The summed E-state index contributed by atoms with van der Waals surface area (Å²) in [4.78, 5) is 16.0. The summed E-state index contributed by atoms with van der Waals surface area (Å²) in [5.74, 6) is 0. The average Bonchev–Trinajstić information content (AvgIpc) is 2.51. The first-order chi connectivity index (χ1) is 4.50. The van der Waals surface area contributed by atoms with Crippen LogP contribution in [0.4, 0.5) is 0 Å². The van der Waals surface area contributed by atoms with Gasteiger partial charge in [0.2, 0.25) is 0 Å². The number of carbonyl (C=O) groups excluding carboxylic acids is 2. The minimum absolute atomic E-state index is 0. The Morgan fingerprint density at radius 2 is 1.70 bits per heavy atom. The summed E-state index contributed by atoms with van der Waals surface area (Å²) in [5, 5.41) is 0. The molecular weight excluding hydrogens is 168 g/mol. The molecule has 0 bridgehead atoms. The van der Waals surface area contributed by atoms with Crippen LogP contribution in [0.5, 0.6) is 0 Å². The number of rotatable bonds is 0. The molecular formula is C7H9CrO2-. The van der Waals surface area contributed by atoms with Gasteiger partial charge >= 0.3 is 0 Å². The predicted molar refractivity (Wildman–Crippen MR) is 35.8 cm³/mol. The topological polar surface area (TPSA) is 34.1 Å². The molecule has 0 aromatic heterocycles. The zero-order chi connectivity index (χ0) is 7.54. The van der Waals surface area contributed by atoms with Crippen molar-refractivity contribution in [3.8, 4) is 0 Å². The molecule has 56 valence electrons. The maximum atomic E-state index is 8.00. The van der Waals surface area contributed by atoms with Gasteiger partial charge < -0.3 is 9.59 Å². The van der Waals surface area contributed by atoms with E-state index in [-0.39, 0.29) is 17.4 Å². The van der Waals surface area contributed by atoms with E-state index < -0.39 is 0 Å². The first kappa shape index (κ1) is 16.2. The second-order valence-corrected chi connectivity index (χ2v) is 1.00. The number of hydrogen-bond donors (Lipinski definition) is 0. The van der Waals surface area contributed by atoms with Crippen LogP contribution < -0.4 is 0 Å². The molecule has 2 nitrogen and oxygen atoms in total. The third kappa shape index (κ3) is 15.7.